The number of amides is 4. The summed E-state index contributed by atoms with van der Waals surface area (Å²) in [5.41, 5.74) is 0.526. The van der Waals surface area contributed by atoms with Crippen molar-refractivity contribution in [2.24, 2.45) is 0 Å². The van der Waals surface area contributed by atoms with Crippen molar-refractivity contribution < 1.29 is 45.2 Å². The lowest BCUT2D eigenvalue weighted by Crippen LogP contribution is -2.20. The normalized spacial score (nSPS) is 11.2. The van der Waals surface area contributed by atoms with E-state index in [9.17, 15) is 35.9 Å². The smallest absolute Gasteiger partial charge is 0.308 e. The van der Waals surface area contributed by atoms with Crippen LogP contribution in [0.1, 0.15) is 11.1 Å². The van der Waals surface area contributed by atoms with Crippen molar-refractivity contribution in [3.63, 3.8) is 0 Å². The summed E-state index contributed by atoms with van der Waals surface area (Å²) in [6.45, 7) is 0. The van der Waals surface area contributed by atoms with Crippen molar-refractivity contribution in [1.82, 2.24) is 20.6 Å². The summed E-state index contributed by atoms with van der Waals surface area (Å²) < 4.78 is 84.5. The molecular formula is C32H20Cl2F6N8O4. The van der Waals surface area contributed by atoms with Crippen LogP contribution < -0.4 is 21.3 Å². The number of rotatable bonds is 6. The van der Waals surface area contributed by atoms with Crippen molar-refractivity contribution in [1.29, 1.82) is 0 Å². The monoisotopic (exact) mass is 764 g/mol. The zero-order chi connectivity index (χ0) is 37.5. The number of carbonyl (C=O) groups excluding carboxylic acids is 2. The van der Waals surface area contributed by atoms with Crippen LogP contribution in [-0.2, 0) is 12.4 Å². The number of carbonyl (C=O) groups is 2. The van der Waals surface area contributed by atoms with Crippen molar-refractivity contribution in [3.8, 4) is 22.5 Å². The van der Waals surface area contributed by atoms with E-state index in [1.165, 1.54) is 0 Å². The molecule has 0 saturated heterocycles. The van der Waals surface area contributed by atoms with E-state index in [0.717, 1.165) is 48.5 Å². The second-order valence-corrected chi connectivity index (χ2v) is 11.1. The molecule has 0 atom stereocenters. The van der Waals surface area contributed by atoms with E-state index in [1.54, 1.807) is 48.5 Å². The first-order valence-corrected chi connectivity index (χ1v) is 15.1. The molecular weight excluding hydrogens is 745 g/mol. The highest BCUT2D eigenvalue weighted by atomic mass is 35.5. The van der Waals surface area contributed by atoms with E-state index in [-0.39, 0.29) is 34.4 Å². The summed E-state index contributed by atoms with van der Waals surface area (Å²) in [7, 11) is 0. The van der Waals surface area contributed by atoms with Crippen molar-refractivity contribution >= 4 is 58.3 Å². The standard InChI is InChI=1S/2C16H10ClF3N4O2/c2*17-11-5-1-9(2-6-11)13-14(24-26-23-13)22-15(25)21-12-7-3-10(4-8-12)16(18,19)20/h2*1-8H,(H2,21,22,24,25). The van der Waals surface area contributed by atoms with Gasteiger partial charge in [0.1, 0.15) is 0 Å². The lowest BCUT2D eigenvalue weighted by Gasteiger charge is -2.09. The molecule has 4 N–H and O–H groups in total. The highest BCUT2D eigenvalue weighted by molar-refractivity contribution is 6.31. The van der Waals surface area contributed by atoms with Gasteiger partial charge in [0.2, 0.25) is 11.6 Å². The molecule has 0 unspecified atom stereocenters. The molecule has 0 fully saturated rings. The number of hydrogen-bond acceptors (Lipinski definition) is 8. The Bertz CT molecular complexity index is 1970. The molecule has 0 aliphatic rings. The largest absolute Gasteiger partial charge is 0.416 e. The Morgan fingerprint density at radius 3 is 1.12 bits per heavy atom. The maximum absolute atomic E-state index is 12.5. The molecule has 268 valence electrons. The maximum atomic E-state index is 12.5. The van der Waals surface area contributed by atoms with Gasteiger partial charge in [-0.3, -0.25) is 10.6 Å². The Labute approximate surface area is 298 Å². The number of anilines is 4. The third-order valence-corrected chi connectivity index (χ3v) is 7.12. The van der Waals surface area contributed by atoms with Gasteiger partial charge in [-0.05, 0) is 93.4 Å². The van der Waals surface area contributed by atoms with Gasteiger partial charge in [-0.25, -0.2) is 18.8 Å². The molecule has 6 aromatic rings. The van der Waals surface area contributed by atoms with Crippen molar-refractivity contribution in [2.75, 3.05) is 21.3 Å². The first kappa shape index (κ1) is 37.1. The predicted octanol–water partition coefficient (Wildman–Crippen LogP) is 10.1. The van der Waals surface area contributed by atoms with Crippen LogP contribution in [0.5, 0.6) is 0 Å². The molecule has 20 heteroatoms. The van der Waals surface area contributed by atoms with Crippen LogP contribution in [-0.4, -0.2) is 32.7 Å². The Morgan fingerprint density at radius 2 is 0.808 bits per heavy atom. The lowest BCUT2D eigenvalue weighted by molar-refractivity contribution is -0.138. The minimum atomic E-state index is -4.44. The van der Waals surface area contributed by atoms with Crippen molar-refractivity contribution in [2.45, 2.75) is 12.4 Å². The number of nitrogens with zero attached hydrogens (tertiary/aromatic N) is 4. The molecule has 12 nitrogen and oxygen atoms in total. The molecule has 0 saturated carbocycles. The Morgan fingerprint density at radius 1 is 0.481 bits per heavy atom. The summed E-state index contributed by atoms with van der Waals surface area (Å²) >= 11 is 11.6. The topological polar surface area (TPSA) is 160 Å². The van der Waals surface area contributed by atoms with Crippen LogP contribution in [0.15, 0.2) is 106 Å². The number of halogens is 8. The minimum Gasteiger partial charge on any atom is -0.308 e. The summed E-state index contributed by atoms with van der Waals surface area (Å²) in [6, 6.07) is 19.8. The van der Waals surface area contributed by atoms with E-state index < -0.39 is 35.5 Å². The maximum Gasteiger partial charge on any atom is 0.416 e. The number of nitrogens with one attached hydrogen (secondary N) is 4. The van der Waals surface area contributed by atoms with Crippen LogP contribution in [0, 0.1) is 0 Å². The number of hydrogen-bond donors (Lipinski definition) is 4. The average molecular weight is 765 g/mol. The molecule has 4 aromatic carbocycles. The molecule has 0 aliphatic carbocycles. The summed E-state index contributed by atoms with van der Waals surface area (Å²) in [5, 5.41) is 25.3. The van der Waals surface area contributed by atoms with E-state index in [1.807, 2.05) is 0 Å². The number of benzene rings is 4. The second-order valence-electron chi connectivity index (χ2n) is 10.2. The SMILES string of the molecule is O=C(Nc1ccc(C(F)(F)F)cc1)Nc1nonc1-c1ccc(Cl)cc1.O=C(Nc1ccc(C(F)(F)F)cc1)Nc1nonc1-c1ccc(Cl)cc1. The molecule has 6 rings (SSSR count). The van der Waals surface area contributed by atoms with Gasteiger partial charge in [0, 0.05) is 32.5 Å². The van der Waals surface area contributed by atoms with Gasteiger partial charge in [0.25, 0.3) is 0 Å². The summed E-state index contributed by atoms with van der Waals surface area (Å²) in [6.07, 6.45) is -8.89. The van der Waals surface area contributed by atoms with Gasteiger partial charge >= 0.3 is 24.4 Å². The van der Waals surface area contributed by atoms with Gasteiger partial charge in [0.05, 0.1) is 11.1 Å². The van der Waals surface area contributed by atoms with E-state index >= 15 is 0 Å². The highest BCUT2D eigenvalue weighted by Crippen LogP contribution is 2.32. The fraction of sp³-hybridized carbons (Fsp3) is 0.0625. The molecule has 0 spiro atoms. The van der Waals surface area contributed by atoms with Crippen LogP contribution in [0.4, 0.5) is 58.9 Å². The van der Waals surface area contributed by atoms with Crippen LogP contribution in [0.25, 0.3) is 22.5 Å². The molecule has 0 radical (unpaired) electrons. The van der Waals surface area contributed by atoms with Crippen LogP contribution >= 0.6 is 23.2 Å². The Hall–Kier alpha value is -6.14. The summed E-state index contributed by atoms with van der Waals surface area (Å²) in [5.74, 6) is 0.105. The number of urea groups is 2. The average Bonchev–Trinajstić information content (AvgIpc) is 3.75. The molecule has 52 heavy (non-hydrogen) atoms. The van der Waals surface area contributed by atoms with Gasteiger partial charge in [0.15, 0.2) is 11.4 Å². The fourth-order valence-electron chi connectivity index (χ4n) is 4.16. The third-order valence-electron chi connectivity index (χ3n) is 6.62. The predicted molar refractivity (Wildman–Crippen MR) is 178 cm³/mol. The second kappa shape index (κ2) is 15.8. The van der Waals surface area contributed by atoms with Crippen molar-refractivity contribution in [3.05, 3.63) is 118 Å². The van der Waals surface area contributed by atoms with Crippen LogP contribution in [0.2, 0.25) is 10.0 Å². The highest BCUT2D eigenvalue weighted by Gasteiger charge is 2.31. The fourth-order valence-corrected chi connectivity index (χ4v) is 4.41. The molecule has 0 bridgehead atoms. The third kappa shape index (κ3) is 9.98. The van der Waals surface area contributed by atoms with Crippen LogP contribution in [0.3, 0.4) is 0 Å². The molecule has 4 amide bonds. The van der Waals surface area contributed by atoms with Gasteiger partial charge in [-0.2, -0.15) is 26.3 Å². The first-order valence-electron chi connectivity index (χ1n) is 14.3. The lowest BCUT2D eigenvalue weighted by atomic mass is 10.1. The minimum absolute atomic E-state index is 0.0525. The Kier molecular flexibility index (Phi) is 11.3. The number of alkyl halides is 6. The first-order chi connectivity index (χ1) is 24.7. The van der Waals surface area contributed by atoms with Gasteiger partial charge < -0.3 is 10.6 Å². The zero-order valence-corrected chi connectivity index (χ0v) is 27.2. The van der Waals surface area contributed by atoms with E-state index in [0.29, 0.717) is 21.2 Å². The van der Waals surface area contributed by atoms with E-state index in [2.05, 4.69) is 51.2 Å². The van der Waals surface area contributed by atoms with E-state index in [4.69, 9.17) is 23.2 Å². The molecule has 2 aromatic heterocycles. The quantitative estimate of drug-likeness (QED) is 0.122. The number of aromatic nitrogens is 4. The van der Waals surface area contributed by atoms with Gasteiger partial charge in [-0.15, -0.1) is 0 Å². The molecule has 0 aliphatic heterocycles. The zero-order valence-electron chi connectivity index (χ0n) is 25.7. The van der Waals surface area contributed by atoms with Gasteiger partial charge in [-0.1, -0.05) is 47.5 Å². The Balaban J connectivity index is 0.000000201. The summed E-state index contributed by atoms with van der Waals surface area (Å²) in [4.78, 5) is 24.0. The molecule has 2 heterocycles.